The SMILES string of the molecule is Cc1cc(C)c(C(=O)CSc2nc3ccccc3c(=O)n2CC2CCCO2)cc1C. The van der Waals surface area contributed by atoms with Gasteiger partial charge in [0, 0.05) is 12.2 Å². The molecule has 2 heterocycles. The molecule has 1 aliphatic rings. The van der Waals surface area contributed by atoms with Crippen LogP contribution in [0.5, 0.6) is 0 Å². The van der Waals surface area contributed by atoms with Crippen LogP contribution < -0.4 is 5.56 Å². The predicted molar refractivity (Wildman–Crippen MR) is 121 cm³/mol. The van der Waals surface area contributed by atoms with Gasteiger partial charge in [0.2, 0.25) is 0 Å². The van der Waals surface area contributed by atoms with E-state index in [1.165, 1.54) is 17.3 Å². The number of Topliss-reactive ketones (excluding diaryl/α,β-unsaturated/α-hetero) is 1. The van der Waals surface area contributed by atoms with E-state index in [1.54, 1.807) is 10.6 Å². The molecule has 1 atom stereocenters. The van der Waals surface area contributed by atoms with Gasteiger partial charge in [-0.25, -0.2) is 4.98 Å². The zero-order valence-electron chi connectivity index (χ0n) is 17.6. The topological polar surface area (TPSA) is 61.2 Å². The highest BCUT2D eigenvalue weighted by molar-refractivity contribution is 7.99. The number of fused-ring (bicyclic) bond motifs is 1. The van der Waals surface area contributed by atoms with Crippen LogP contribution in [0.1, 0.15) is 39.9 Å². The molecule has 5 nitrogen and oxygen atoms in total. The van der Waals surface area contributed by atoms with Crippen molar-refractivity contribution in [3.63, 3.8) is 0 Å². The van der Waals surface area contributed by atoms with Crippen molar-refractivity contribution in [1.29, 1.82) is 0 Å². The maximum absolute atomic E-state index is 13.2. The fourth-order valence-electron chi connectivity index (χ4n) is 3.88. The first-order valence-electron chi connectivity index (χ1n) is 10.3. The molecule has 1 fully saturated rings. The Bertz CT molecular complexity index is 1160. The fraction of sp³-hybridized carbons (Fsp3) is 0.375. The second-order valence-corrected chi connectivity index (χ2v) is 8.87. The molecule has 2 aromatic carbocycles. The van der Waals surface area contributed by atoms with Crippen LogP contribution >= 0.6 is 11.8 Å². The largest absolute Gasteiger partial charge is 0.376 e. The number of benzene rings is 2. The first-order chi connectivity index (χ1) is 14.4. The van der Waals surface area contributed by atoms with Crippen LogP contribution in [0, 0.1) is 20.8 Å². The molecule has 1 unspecified atom stereocenters. The maximum Gasteiger partial charge on any atom is 0.262 e. The van der Waals surface area contributed by atoms with Crippen molar-refractivity contribution in [3.8, 4) is 0 Å². The summed E-state index contributed by atoms with van der Waals surface area (Å²) in [4.78, 5) is 30.8. The number of thioether (sulfide) groups is 1. The molecule has 0 radical (unpaired) electrons. The van der Waals surface area contributed by atoms with Crippen molar-refractivity contribution in [1.82, 2.24) is 9.55 Å². The number of carbonyl (C=O) groups is 1. The number of ether oxygens (including phenoxy) is 1. The van der Waals surface area contributed by atoms with Gasteiger partial charge in [0.05, 0.1) is 29.3 Å². The van der Waals surface area contributed by atoms with E-state index in [0.717, 1.165) is 36.1 Å². The van der Waals surface area contributed by atoms with Crippen molar-refractivity contribution in [2.45, 2.75) is 51.4 Å². The average Bonchev–Trinajstić information content (AvgIpc) is 3.24. The lowest BCUT2D eigenvalue weighted by atomic mass is 9.99. The number of para-hydroxylation sites is 1. The van der Waals surface area contributed by atoms with Crippen LogP contribution in [-0.2, 0) is 11.3 Å². The van der Waals surface area contributed by atoms with E-state index in [0.29, 0.717) is 22.6 Å². The van der Waals surface area contributed by atoms with E-state index >= 15 is 0 Å². The first-order valence-corrected chi connectivity index (χ1v) is 11.3. The Morgan fingerprint density at radius 2 is 1.93 bits per heavy atom. The van der Waals surface area contributed by atoms with Crippen LogP contribution in [0.15, 0.2) is 46.3 Å². The number of carbonyl (C=O) groups excluding carboxylic acids is 1. The molecule has 1 saturated heterocycles. The summed E-state index contributed by atoms with van der Waals surface area (Å²) >= 11 is 1.33. The number of nitrogens with zero attached hydrogens (tertiary/aromatic N) is 2. The molecule has 1 aliphatic heterocycles. The second kappa shape index (κ2) is 8.74. The lowest BCUT2D eigenvalue weighted by Crippen LogP contribution is -2.29. The van der Waals surface area contributed by atoms with Crippen molar-refractivity contribution in [3.05, 3.63) is 69.0 Å². The van der Waals surface area contributed by atoms with Crippen molar-refractivity contribution >= 4 is 28.4 Å². The minimum absolute atomic E-state index is 0.0164. The summed E-state index contributed by atoms with van der Waals surface area (Å²) in [6.07, 6.45) is 1.96. The van der Waals surface area contributed by atoms with E-state index in [1.807, 2.05) is 45.0 Å². The van der Waals surface area contributed by atoms with Gasteiger partial charge in [0.15, 0.2) is 10.9 Å². The van der Waals surface area contributed by atoms with E-state index < -0.39 is 0 Å². The van der Waals surface area contributed by atoms with Crippen molar-refractivity contribution in [2.75, 3.05) is 12.4 Å². The quantitative estimate of drug-likeness (QED) is 0.333. The van der Waals surface area contributed by atoms with Crippen molar-refractivity contribution < 1.29 is 9.53 Å². The van der Waals surface area contributed by atoms with Crippen LogP contribution in [0.25, 0.3) is 10.9 Å². The number of rotatable bonds is 6. The zero-order chi connectivity index (χ0) is 21.3. The van der Waals surface area contributed by atoms with E-state index in [4.69, 9.17) is 9.72 Å². The molecule has 3 aromatic rings. The summed E-state index contributed by atoms with van der Waals surface area (Å²) in [5, 5.41) is 1.17. The Labute approximate surface area is 180 Å². The Hall–Kier alpha value is -2.44. The molecule has 0 aliphatic carbocycles. The van der Waals surface area contributed by atoms with Gasteiger partial charge in [-0.2, -0.15) is 0 Å². The van der Waals surface area contributed by atoms with Crippen molar-refractivity contribution in [2.24, 2.45) is 0 Å². The summed E-state index contributed by atoms with van der Waals surface area (Å²) in [6.45, 7) is 7.23. The molecule has 4 rings (SSSR count). The molecule has 0 spiro atoms. The summed E-state index contributed by atoms with van der Waals surface area (Å²) in [5.74, 6) is 0.284. The van der Waals surface area contributed by atoms with Crippen LogP contribution in [0.3, 0.4) is 0 Å². The van der Waals surface area contributed by atoms with Gasteiger partial charge in [-0.05, 0) is 68.5 Å². The molecular formula is C24H26N2O3S. The van der Waals surface area contributed by atoms with Gasteiger partial charge in [0.1, 0.15) is 0 Å². The summed E-state index contributed by atoms with van der Waals surface area (Å²) in [6, 6.07) is 11.4. The molecule has 30 heavy (non-hydrogen) atoms. The Balaban J connectivity index is 1.65. The third-order valence-corrected chi connectivity index (χ3v) is 6.69. The number of hydrogen-bond donors (Lipinski definition) is 0. The van der Waals surface area contributed by atoms with Gasteiger partial charge in [-0.3, -0.25) is 14.2 Å². The van der Waals surface area contributed by atoms with Gasteiger partial charge < -0.3 is 4.74 Å². The van der Waals surface area contributed by atoms with E-state index in [-0.39, 0.29) is 23.2 Å². The van der Waals surface area contributed by atoms with Crippen LogP contribution in [-0.4, -0.2) is 33.8 Å². The van der Waals surface area contributed by atoms with Crippen LogP contribution in [0.2, 0.25) is 0 Å². The highest BCUT2D eigenvalue weighted by Crippen LogP contribution is 2.23. The second-order valence-electron chi connectivity index (χ2n) is 7.93. The van der Waals surface area contributed by atoms with Gasteiger partial charge in [0.25, 0.3) is 5.56 Å². The minimum atomic E-state index is -0.0755. The molecule has 156 valence electrons. The third-order valence-electron chi connectivity index (χ3n) is 5.71. The Morgan fingerprint density at radius 1 is 1.17 bits per heavy atom. The lowest BCUT2D eigenvalue weighted by Gasteiger charge is -2.16. The standard InChI is InChI=1S/C24H26N2O3S/c1-15-11-17(3)20(12-16(15)2)22(27)14-30-24-25-21-9-5-4-8-19(21)23(28)26(24)13-18-7-6-10-29-18/h4-5,8-9,11-12,18H,6-7,10,13-14H2,1-3H3. The normalized spacial score (nSPS) is 16.3. The number of hydrogen-bond acceptors (Lipinski definition) is 5. The number of aryl methyl sites for hydroxylation is 3. The maximum atomic E-state index is 13.2. The number of aromatic nitrogens is 2. The minimum Gasteiger partial charge on any atom is -0.376 e. The molecule has 0 saturated carbocycles. The highest BCUT2D eigenvalue weighted by Gasteiger charge is 2.21. The average molecular weight is 423 g/mol. The lowest BCUT2D eigenvalue weighted by molar-refractivity contribution is 0.0937. The van der Waals surface area contributed by atoms with Crippen LogP contribution in [0.4, 0.5) is 0 Å². The predicted octanol–water partition coefficient (Wildman–Crippen LogP) is 4.48. The molecule has 0 amide bonds. The molecule has 0 bridgehead atoms. The fourth-order valence-corrected chi connectivity index (χ4v) is 4.77. The third kappa shape index (κ3) is 4.20. The van der Waals surface area contributed by atoms with Gasteiger partial charge >= 0.3 is 0 Å². The summed E-state index contributed by atoms with van der Waals surface area (Å²) < 4.78 is 7.43. The van der Waals surface area contributed by atoms with E-state index in [9.17, 15) is 9.59 Å². The summed E-state index contributed by atoms with van der Waals surface area (Å²) in [5.41, 5.74) is 4.58. The Kier molecular flexibility index (Phi) is 6.06. The molecular weight excluding hydrogens is 396 g/mol. The number of ketones is 1. The highest BCUT2D eigenvalue weighted by atomic mass is 32.2. The Morgan fingerprint density at radius 3 is 2.70 bits per heavy atom. The molecule has 0 N–H and O–H groups in total. The van der Waals surface area contributed by atoms with Gasteiger partial charge in [-0.1, -0.05) is 30.0 Å². The monoisotopic (exact) mass is 422 g/mol. The molecule has 6 heteroatoms. The van der Waals surface area contributed by atoms with E-state index in [2.05, 4.69) is 6.07 Å². The molecule has 1 aromatic heterocycles. The smallest absolute Gasteiger partial charge is 0.262 e. The summed E-state index contributed by atoms with van der Waals surface area (Å²) in [7, 11) is 0. The first kappa shape index (κ1) is 20.8. The zero-order valence-corrected chi connectivity index (χ0v) is 18.4. The van der Waals surface area contributed by atoms with Gasteiger partial charge in [-0.15, -0.1) is 0 Å².